The zero-order chi connectivity index (χ0) is 19.6. The molecule has 0 saturated carbocycles. The van der Waals surface area contributed by atoms with Gasteiger partial charge < -0.3 is 9.47 Å². The van der Waals surface area contributed by atoms with Crippen LogP contribution in [-0.4, -0.2) is 17.7 Å². The molecule has 0 bridgehead atoms. The number of benzene rings is 3. The van der Waals surface area contributed by atoms with Gasteiger partial charge in [0, 0.05) is 0 Å². The van der Waals surface area contributed by atoms with Gasteiger partial charge in [0.1, 0.15) is 0 Å². The van der Waals surface area contributed by atoms with Gasteiger partial charge in [-0.3, -0.25) is 9.69 Å². The van der Waals surface area contributed by atoms with Gasteiger partial charge >= 0.3 is 0 Å². The molecule has 2 heterocycles. The lowest BCUT2D eigenvalue weighted by molar-refractivity contribution is -0.118. The first kappa shape index (κ1) is 17.7. The zero-order valence-electron chi connectivity index (χ0n) is 15.6. The number of nitrogens with zero attached hydrogens (tertiary/aromatic N) is 2. The average molecular weight is 402 g/mol. The number of hydrogen-bond donors (Lipinski definition) is 0. The smallest absolute Gasteiger partial charge is 0.233 e. The summed E-state index contributed by atoms with van der Waals surface area (Å²) in [5.74, 6) is 1.39. The molecular weight excluding hydrogens is 384 g/mol. The first-order chi connectivity index (χ1) is 14.3. The molecule has 4 aromatic rings. The van der Waals surface area contributed by atoms with Gasteiger partial charge in [-0.15, -0.1) is 0 Å². The van der Waals surface area contributed by atoms with E-state index < -0.39 is 0 Å². The standard InChI is InChI=1S/C23H18N2O3S/c26-22(13-17-10-11-19-20(12-17)28-15-27-19)25(14-16-6-2-1-3-7-16)23-24-18-8-4-5-9-21(18)29-23/h1-12H,13-15H2. The zero-order valence-corrected chi connectivity index (χ0v) is 16.4. The van der Waals surface area contributed by atoms with Crippen molar-refractivity contribution in [2.24, 2.45) is 0 Å². The van der Waals surface area contributed by atoms with E-state index in [1.165, 1.54) is 11.3 Å². The number of aromatic nitrogens is 1. The number of para-hydroxylation sites is 1. The van der Waals surface area contributed by atoms with Crippen molar-refractivity contribution in [1.82, 2.24) is 4.98 Å². The van der Waals surface area contributed by atoms with Gasteiger partial charge in [-0.1, -0.05) is 59.9 Å². The number of carbonyl (C=O) groups is 1. The Bertz CT molecular complexity index is 1140. The van der Waals surface area contributed by atoms with E-state index in [0.717, 1.165) is 21.3 Å². The lowest BCUT2D eigenvalue weighted by atomic mass is 10.1. The minimum atomic E-state index is -0.00762. The first-order valence-corrected chi connectivity index (χ1v) is 10.2. The summed E-state index contributed by atoms with van der Waals surface area (Å²) in [6.07, 6.45) is 0.263. The summed E-state index contributed by atoms with van der Waals surface area (Å²) in [6, 6.07) is 23.6. The van der Waals surface area contributed by atoms with Gasteiger partial charge in [0.05, 0.1) is 23.2 Å². The van der Waals surface area contributed by atoms with Crippen LogP contribution in [-0.2, 0) is 17.8 Å². The maximum absolute atomic E-state index is 13.3. The second kappa shape index (κ2) is 7.56. The van der Waals surface area contributed by atoms with Crippen LogP contribution in [0.5, 0.6) is 11.5 Å². The molecule has 0 spiro atoms. The number of carbonyl (C=O) groups excluding carboxylic acids is 1. The van der Waals surface area contributed by atoms with Crippen molar-refractivity contribution < 1.29 is 14.3 Å². The number of fused-ring (bicyclic) bond motifs is 2. The molecule has 0 radical (unpaired) electrons. The Kier molecular flexibility index (Phi) is 4.62. The van der Waals surface area contributed by atoms with Gasteiger partial charge in [0.15, 0.2) is 16.6 Å². The summed E-state index contributed by atoms with van der Waals surface area (Å²) >= 11 is 1.53. The normalized spacial score (nSPS) is 12.3. The van der Waals surface area contributed by atoms with E-state index in [-0.39, 0.29) is 19.1 Å². The van der Waals surface area contributed by atoms with Crippen LogP contribution in [0.4, 0.5) is 5.13 Å². The van der Waals surface area contributed by atoms with E-state index in [0.29, 0.717) is 23.2 Å². The molecule has 1 aromatic heterocycles. The van der Waals surface area contributed by atoms with Crippen molar-refractivity contribution in [3.63, 3.8) is 0 Å². The van der Waals surface area contributed by atoms with Crippen molar-refractivity contribution in [3.05, 3.63) is 83.9 Å². The third-order valence-electron chi connectivity index (χ3n) is 4.79. The van der Waals surface area contributed by atoms with Crippen molar-refractivity contribution in [1.29, 1.82) is 0 Å². The Morgan fingerprint density at radius 1 is 0.931 bits per heavy atom. The molecule has 1 amide bonds. The summed E-state index contributed by atoms with van der Waals surface area (Å²) < 4.78 is 11.9. The Balaban J connectivity index is 1.46. The van der Waals surface area contributed by atoms with Crippen molar-refractivity contribution in [3.8, 4) is 11.5 Å². The largest absolute Gasteiger partial charge is 0.454 e. The molecule has 6 heteroatoms. The first-order valence-electron chi connectivity index (χ1n) is 9.35. The fourth-order valence-electron chi connectivity index (χ4n) is 3.32. The number of ether oxygens (including phenoxy) is 2. The summed E-state index contributed by atoms with van der Waals surface area (Å²) in [7, 11) is 0. The molecular formula is C23H18N2O3S. The quantitative estimate of drug-likeness (QED) is 0.481. The number of amides is 1. The maximum atomic E-state index is 13.3. The molecule has 1 aliphatic rings. The molecule has 1 aliphatic heterocycles. The summed E-state index contributed by atoms with van der Waals surface area (Å²) in [5, 5.41) is 0.709. The van der Waals surface area contributed by atoms with Crippen molar-refractivity contribution in [2.75, 3.05) is 11.7 Å². The van der Waals surface area contributed by atoms with Crippen LogP contribution in [0.25, 0.3) is 10.2 Å². The summed E-state index contributed by atoms with van der Waals surface area (Å²) in [5.41, 5.74) is 2.85. The molecule has 144 valence electrons. The topological polar surface area (TPSA) is 51.7 Å². The molecule has 0 N–H and O–H groups in total. The number of hydrogen-bond acceptors (Lipinski definition) is 5. The predicted molar refractivity (Wildman–Crippen MR) is 114 cm³/mol. The molecule has 0 unspecified atom stereocenters. The number of thiazole rings is 1. The van der Waals surface area contributed by atoms with E-state index >= 15 is 0 Å². The molecule has 0 fully saturated rings. The molecule has 0 saturated heterocycles. The SMILES string of the molecule is O=C(Cc1ccc2c(c1)OCO2)N(Cc1ccccc1)c1nc2ccccc2s1. The van der Waals surface area contributed by atoms with Crippen molar-refractivity contribution >= 4 is 32.6 Å². The molecule has 5 rings (SSSR count). The van der Waals surface area contributed by atoms with Gasteiger partial charge in [-0.05, 0) is 35.4 Å². The fourth-order valence-corrected chi connectivity index (χ4v) is 4.31. The minimum Gasteiger partial charge on any atom is -0.454 e. The van der Waals surface area contributed by atoms with Gasteiger partial charge in [0.2, 0.25) is 12.7 Å². The predicted octanol–water partition coefficient (Wildman–Crippen LogP) is 4.80. The summed E-state index contributed by atoms with van der Waals surface area (Å²) in [4.78, 5) is 19.8. The molecule has 0 atom stereocenters. The number of anilines is 1. The molecule has 29 heavy (non-hydrogen) atoms. The van der Waals surface area contributed by atoms with Crippen LogP contribution in [0.3, 0.4) is 0 Å². The highest BCUT2D eigenvalue weighted by molar-refractivity contribution is 7.22. The minimum absolute atomic E-state index is 0.00762. The Morgan fingerprint density at radius 2 is 1.72 bits per heavy atom. The van der Waals surface area contributed by atoms with Gasteiger partial charge in [-0.2, -0.15) is 0 Å². The van der Waals surface area contributed by atoms with E-state index in [2.05, 4.69) is 0 Å². The highest BCUT2D eigenvalue weighted by Crippen LogP contribution is 2.34. The third kappa shape index (κ3) is 3.67. The highest BCUT2D eigenvalue weighted by atomic mass is 32.1. The van der Waals surface area contributed by atoms with Crippen LogP contribution in [0, 0.1) is 0 Å². The highest BCUT2D eigenvalue weighted by Gasteiger charge is 2.22. The van der Waals surface area contributed by atoms with Crippen LogP contribution >= 0.6 is 11.3 Å². The lowest BCUT2D eigenvalue weighted by Crippen LogP contribution is -2.31. The fraction of sp³-hybridized carbons (Fsp3) is 0.130. The average Bonchev–Trinajstić information content (AvgIpc) is 3.39. The molecule has 0 aliphatic carbocycles. The van der Waals surface area contributed by atoms with Gasteiger partial charge in [0.25, 0.3) is 0 Å². The lowest BCUT2D eigenvalue weighted by Gasteiger charge is -2.20. The van der Waals surface area contributed by atoms with Crippen LogP contribution in [0.15, 0.2) is 72.8 Å². The second-order valence-electron chi connectivity index (χ2n) is 6.79. The summed E-state index contributed by atoms with van der Waals surface area (Å²) in [6.45, 7) is 0.697. The second-order valence-corrected chi connectivity index (χ2v) is 7.80. The monoisotopic (exact) mass is 402 g/mol. The molecule has 5 nitrogen and oxygen atoms in total. The van der Waals surface area contributed by atoms with Gasteiger partial charge in [-0.25, -0.2) is 4.98 Å². The van der Waals surface area contributed by atoms with Crippen molar-refractivity contribution in [2.45, 2.75) is 13.0 Å². The molecule has 3 aromatic carbocycles. The Hall–Kier alpha value is -3.38. The van der Waals surface area contributed by atoms with E-state index in [4.69, 9.17) is 14.5 Å². The maximum Gasteiger partial charge on any atom is 0.233 e. The Morgan fingerprint density at radius 3 is 2.59 bits per heavy atom. The van der Waals surface area contributed by atoms with Crippen LogP contribution in [0.2, 0.25) is 0 Å². The van der Waals surface area contributed by atoms with Crippen LogP contribution < -0.4 is 14.4 Å². The van der Waals surface area contributed by atoms with E-state index in [1.54, 1.807) is 4.90 Å². The van der Waals surface area contributed by atoms with Crippen LogP contribution in [0.1, 0.15) is 11.1 Å². The van der Waals surface area contributed by atoms with E-state index in [1.807, 2.05) is 72.8 Å². The Labute approximate surface area is 172 Å². The number of rotatable bonds is 5. The van der Waals surface area contributed by atoms with E-state index in [9.17, 15) is 4.79 Å². The third-order valence-corrected chi connectivity index (χ3v) is 5.85.